The standard InChI is InChI=1S/C20H17FN2O3/c1-2-10-23-11-9-16-17(20(23)25)7-4-8-18(16)26-13-19(24)22-15-6-3-5-14(21)12-15/h2-9,11-12H,1,10,13H2,(H,22,24). The van der Waals surface area contributed by atoms with Crippen LogP contribution in [0.3, 0.4) is 0 Å². The average molecular weight is 352 g/mol. The topological polar surface area (TPSA) is 60.3 Å². The number of ether oxygens (including phenoxy) is 1. The van der Waals surface area contributed by atoms with Gasteiger partial charge in [-0.25, -0.2) is 4.39 Å². The summed E-state index contributed by atoms with van der Waals surface area (Å²) < 4.78 is 20.2. The molecule has 0 spiro atoms. The Kier molecular flexibility index (Phi) is 5.12. The number of anilines is 1. The number of carbonyl (C=O) groups is 1. The molecule has 3 aromatic rings. The molecule has 1 N–H and O–H groups in total. The Hall–Kier alpha value is -3.41. The van der Waals surface area contributed by atoms with Crippen LogP contribution in [0.25, 0.3) is 10.8 Å². The van der Waals surface area contributed by atoms with Gasteiger partial charge in [-0.05, 0) is 36.4 Å². The van der Waals surface area contributed by atoms with Gasteiger partial charge in [0.2, 0.25) is 0 Å². The molecule has 2 aromatic carbocycles. The van der Waals surface area contributed by atoms with Crippen LogP contribution in [0, 0.1) is 5.82 Å². The molecule has 1 aromatic heterocycles. The van der Waals surface area contributed by atoms with E-state index in [0.717, 1.165) is 0 Å². The molecule has 6 heteroatoms. The highest BCUT2D eigenvalue weighted by Gasteiger charge is 2.09. The summed E-state index contributed by atoms with van der Waals surface area (Å²) >= 11 is 0. The molecule has 1 amide bonds. The predicted octanol–water partition coefficient (Wildman–Crippen LogP) is 3.34. The molecule has 0 fully saturated rings. The highest BCUT2D eigenvalue weighted by Crippen LogP contribution is 2.23. The summed E-state index contributed by atoms with van der Waals surface area (Å²) in [6.07, 6.45) is 3.30. The number of amides is 1. The zero-order valence-electron chi connectivity index (χ0n) is 13.9. The maximum atomic E-state index is 13.1. The zero-order chi connectivity index (χ0) is 18.5. The molecule has 5 nitrogen and oxygen atoms in total. The van der Waals surface area contributed by atoms with E-state index in [9.17, 15) is 14.0 Å². The van der Waals surface area contributed by atoms with Crippen molar-refractivity contribution >= 4 is 22.4 Å². The lowest BCUT2D eigenvalue weighted by Crippen LogP contribution is -2.21. The Balaban J connectivity index is 1.76. The van der Waals surface area contributed by atoms with Crippen LogP contribution >= 0.6 is 0 Å². The van der Waals surface area contributed by atoms with Crippen molar-refractivity contribution in [2.75, 3.05) is 11.9 Å². The molecule has 0 atom stereocenters. The molecule has 3 rings (SSSR count). The molecular formula is C20H17FN2O3. The van der Waals surface area contributed by atoms with Crippen molar-refractivity contribution in [2.24, 2.45) is 0 Å². The third-order valence-electron chi connectivity index (χ3n) is 3.77. The van der Waals surface area contributed by atoms with Gasteiger partial charge in [0.1, 0.15) is 11.6 Å². The molecule has 0 radical (unpaired) electrons. The summed E-state index contributed by atoms with van der Waals surface area (Å²) in [6.45, 7) is 3.79. The maximum Gasteiger partial charge on any atom is 0.262 e. The van der Waals surface area contributed by atoms with E-state index in [1.165, 1.54) is 22.8 Å². The maximum absolute atomic E-state index is 13.1. The first-order valence-electron chi connectivity index (χ1n) is 8.00. The number of nitrogens with one attached hydrogen (secondary N) is 1. The number of hydrogen-bond acceptors (Lipinski definition) is 3. The van der Waals surface area contributed by atoms with E-state index in [1.807, 2.05) is 0 Å². The number of benzene rings is 2. The van der Waals surface area contributed by atoms with E-state index in [0.29, 0.717) is 28.8 Å². The van der Waals surface area contributed by atoms with Gasteiger partial charge in [0.05, 0.1) is 5.39 Å². The minimum absolute atomic E-state index is 0.155. The van der Waals surface area contributed by atoms with Gasteiger partial charge in [-0.3, -0.25) is 9.59 Å². The van der Waals surface area contributed by atoms with Gasteiger partial charge < -0.3 is 14.6 Å². The normalized spacial score (nSPS) is 10.5. The van der Waals surface area contributed by atoms with Crippen LogP contribution in [0.2, 0.25) is 0 Å². The van der Waals surface area contributed by atoms with E-state index < -0.39 is 11.7 Å². The van der Waals surface area contributed by atoms with Crippen molar-refractivity contribution in [2.45, 2.75) is 6.54 Å². The summed E-state index contributed by atoms with van der Waals surface area (Å²) in [5.74, 6) is -0.430. The molecule has 0 aliphatic heterocycles. The molecule has 0 saturated carbocycles. The van der Waals surface area contributed by atoms with Gasteiger partial charge in [-0.15, -0.1) is 6.58 Å². The van der Waals surface area contributed by atoms with Gasteiger partial charge in [0, 0.05) is 23.8 Å². The van der Waals surface area contributed by atoms with Gasteiger partial charge in [0.25, 0.3) is 11.5 Å². The van der Waals surface area contributed by atoms with Crippen LogP contribution < -0.4 is 15.6 Å². The number of rotatable bonds is 6. The first-order valence-corrected chi connectivity index (χ1v) is 8.00. The molecule has 0 unspecified atom stereocenters. The Labute approximate surface area is 149 Å². The number of fused-ring (bicyclic) bond motifs is 1. The Morgan fingerprint density at radius 1 is 1.19 bits per heavy atom. The fourth-order valence-corrected chi connectivity index (χ4v) is 2.60. The smallest absolute Gasteiger partial charge is 0.262 e. The molecule has 0 bridgehead atoms. The monoisotopic (exact) mass is 352 g/mol. The average Bonchev–Trinajstić information content (AvgIpc) is 2.62. The van der Waals surface area contributed by atoms with E-state index in [1.54, 1.807) is 42.6 Å². The first-order chi connectivity index (χ1) is 12.6. The van der Waals surface area contributed by atoms with E-state index in [4.69, 9.17) is 4.74 Å². The van der Waals surface area contributed by atoms with Gasteiger partial charge in [0.15, 0.2) is 6.61 Å². The summed E-state index contributed by atoms with van der Waals surface area (Å²) in [4.78, 5) is 24.4. The summed E-state index contributed by atoms with van der Waals surface area (Å²) in [6, 6.07) is 12.5. The molecule has 0 aliphatic carbocycles. The fraction of sp³-hybridized carbons (Fsp3) is 0.100. The van der Waals surface area contributed by atoms with Crippen LogP contribution in [0.5, 0.6) is 5.75 Å². The third-order valence-corrected chi connectivity index (χ3v) is 3.77. The molecule has 132 valence electrons. The SMILES string of the molecule is C=CCn1ccc2c(OCC(=O)Nc3cccc(F)c3)cccc2c1=O. The van der Waals surface area contributed by atoms with Gasteiger partial charge in [-0.1, -0.05) is 18.2 Å². The highest BCUT2D eigenvalue weighted by molar-refractivity contribution is 5.92. The van der Waals surface area contributed by atoms with Crippen LogP contribution in [0.15, 0.2) is 72.2 Å². The largest absolute Gasteiger partial charge is 0.483 e. The van der Waals surface area contributed by atoms with Crippen molar-refractivity contribution in [1.82, 2.24) is 4.57 Å². The second kappa shape index (κ2) is 7.65. The predicted molar refractivity (Wildman–Crippen MR) is 98.9 cm³/mol. The zero-order valence-corrected chi connectivity index (χ0v) is 13.9. The van der Waals surface area contributed by atoms with E-state index in [2.05, 4.69) is 11.9 Å². The van der Waals surface area contributed by atoms with Crippen LogP contribution in [0.1, 0.15) is 0 Å². The number of nitrogens with zero attached hydrogens (tertiary/aromatic N) is 1. The first kappa shape index (κ1) is 17.4. The molecule has 1 heterocycles. The van der Waals surface area contributed by atoms with Gasteiger partial charge >= 0.3 is 0 Å². The Morgan fingerprint density at radius 2 is 2.00 bits per heavy atom. The third kappa shape index (κ3) is 3.80. The van der Waals surface area contributed by atoms with Crippen molar-refractivity contribution in [3.8, 4) is 5.75 Å². The minimum atomic E-state index is -0.437. The lowest BCUT2D eigenvalue weighted by atomic mass is 10.1. The number of allylic oxidation sites excluding steroid dienone is 1. The number of carbonyl (C=O) groups excluding carboxylic acids is 1. The highest BCUT2D eigenvalue weighted by atomic mass is 19.1. The molecule has 0 aliphatic rings. The second-order valence-corrected chi connectivity index (χ2v) is 5.63. The molecular weight excluding hydrogens is 335 g/mol. The minimum Gasteiger partial charge on any atom is -0.483 e. The van der Waals surface area contributed by atoms with Crippen molar-refractivity contribution in [1.29, 1.82) is 0 Å². The van der Waals surface area contributed by atoms with E-state index in [-0.39, 0.29) is 12.2 Å². The summed E-state index contributed by atoms with van der Waals surface area (Å²) in [5.41, 5.74) is 0.195. The molecule has 26 heavy (non-hydrogen) atoms. The second-order valence-electron chi connectivity index (χ2n) is 5.63. The van der Waals surface area contributed by atoms with Crippen LogP contribution in [0.4, 0.5) is 10.1 Å². The number of hydrogen-bond donors (Lipinski definition) is 1. The van der Waals surface area contributed by atoms with Crippen LogP contribution in [-0.4, -0.2) is 17.1 Å². The van der Waals surface area contributed by atoms with E-state index >= 15 is 0 Å². The van der Waals surface area contributed by atoms with Gasteiger partial charge in [-0.2, -0.15) is 0 Å². The Bertz CT molecular complexity index is 1030. The number of aromatic nitrogens is 1. The van der Waals surface area contributed by atoms with Crippen molar-refractivity contribution in [3.63, 3.8) is 0 Å². The summed E-state index contributed by atoms with van der Waals surface area (Å²) in [5, 5.41) is 3.68. The number of pyridine rings is 1. The Morgan fingerprint density at radius 3 is 2.77 bits per heavy atom. The lowest BCUT2D eigenvalue weighted by molar-refractivity contribution is -0.118. The quantitative estimate of drug-likeness (QED) is 0.692. The lowest BCUT2D eigenvalue weighted by Gasteiger charge is -2.11. The summed E-state index contributed by atoms with van der Waals surface area (Å²) in [7, 11) is 0. The fourth-order valence-electron chi connectivity index (χ4n) is 2.60. The van der Waals surface area contributed by atoms with Crippen molar-refractivity contribution < 1.29 is 13.9 Å². The van der Waals surface area contributed by atoms with Crippen molar-refractivity contribution in [3.05, 3.63) is 83.6 Å². The molecule has 0 saturated heterocycles. The van der Waals surface area contributed by atoms with Crippen LogP contribution in [-0.2, 0) is 11.3 Å². The number of halogens is 1.